The smallest absolute Gasteiger partial charge is 0.0922 e. The molecule has 1 fully saturated rings. The molecule has 1 heterocycles. The zero-order valence-corrected chi connectivity index (χ0v) is 11.2. The Labute approximate surface area is 108 Å². The van der Waals surface area contributed by atoms with Gasteiger partial charge < -0.3 is 10.4 Å². The summed E-state index contributed by atoms with van der Waals surface area (Å²) < 4.78 is 0. The van der Waals surface area contributed by atoms with Crippen molar-refractivity contribution >= 4 is 11.3 Å². The molecule has 3 heteroatoms. The van der Waals surface area contributed by atoms with E-state index in [4.69, 9.17) is 0 Å². The lowest BCUT2D eigenvalue weighted by atomic mass is 9.87. The van der Waals surface area contributed by atoms with E-state index in [1.807, 2.05) is 16.8 Å². The molecular formula is C14H23NOS. The molecule has 2 rings (SSSR count). The molecule has 1 atom stereocenters. The van der Waals surface area contributed by atoms with Gasteiger partial charge in [0.05, 0.1) is 6.10 Å². The third-order valence-electron chi connectivity index (χ3n) is 3.72. The van der Waals surface area contributed by atoms with Gasteiger partial charge in [-0.2, -0.15) is 11.3 Å². The number of thiophene rings is 1. The molecule has 0 aromatic carbocycles. The van der Waals surface area contributed by atoms with Gasteiger partial charge in [0.15, 0.2) is 0 Å². The Kier molecular flexibility index (Phi) is 5.49. The normalized spacial score (nSPS) is 19.4. The Hall–Kier alpha value is -0.380. The van der Waals surface area contributed by atoms with E-state index in [2.05, 4.69) is 5.32 Å². The number of aliphatic hydroxyl groups excluding tert-OH is 1. The molecule has 1 aliphatic carbocycles. The third kappa shape index (κ3) is 4.41. The second kappa shape index (κ2) is 7.14. The number of rotatable bonds is 6. The summed E-state index contributed by atoms with van der Waals surface area (Å²) in [5.74, 6) is 0.926. The second-order valence-corrected chi connectivity index (χ2v) is 5.85. The summed E-state index contributed by atoms with van der Waals surface area (Å²) in [4.78, 5) is 0. The van der Waals surface area contributed by atoms with E-state index in [1.54, 1.807) is 11.3 Å². The third-order valence-corrected chi connectivity index (χ3v) is 4.42. The van der Waals surface area contributed by atoms with Crippen molar-refractivity contribution in [3.63, 3.8) is 0 Å². The number of nitrogens with one attached hydrogen (secondary N) is 1. The quantitative estimate of drug-likeness (QED) is 0.762. The SMILES string of the molecule is OC(CNCCC1CCCCC1)c1ccsc1. The minimum absolute atomic E-state index is 0.340. The van der Waals surface area contributed by atoms with Crippen LogP contribution in [0.4, 0.5) is 0 Å². The van der Waals surface area contributed by atoms with E-state index >= 15 is 0 Å². The largest absolute Gasteiger partial charge is 0.387 e. The highest BCUT2D eigenvalue weighted by molar-refractivity contribution is 7.07. The summed E-state index contributed by atoms with van der Waals surface area (Å²) in [6.07, 6.45) is 8.03. The summed E-state index contributed by atoms with van der Waals surface area (Å²) >= 11 is 1.64. The molecular weight excluding hydrogens is 230 g/mol. The van der Waals surface area contributed by atoms with Crippen molar-refractivity contribution < 1.29 is 5.11 Å². The van der Waals surface area contributed by atoms with Gasteiger partial charge in [0.2, 0.25) is 0 Å². The molecule has 96 valence electrons. The van der Waals surface area contributed by atoms with E-state index in [0.29, 0.717) is 6.54 Å². The fourth-order valence-corrected chi connectivity index (χ4v) is 3.31. The molecule has 2 nitrogen and oxygen atoms in total. The molecule has 17 heavy (non-hydrogen) atoms. The number of aliphatic hydroxyl groups is 1. The average molecular weight is 253 g/mol. The van der Waals surface area contributed by atoms with Crippen LogP contribution in [0.2, 0.25) is 0 Å². The molecule has 0 aliphatic heterocycles. The molecule has 0 amide bonds. The lowest BCUT2D eigenvalue weighted by Crippen LogP contribution is -2.24. The Bertz CT molecular complexity index is 293. The van der Waals surface area contributed by atoms with Crippen molar-refractivity contribution in [2.45, 2.75) is 44.6 Å². The monoisotopic (exact) mass is 253 g/mol. The molecule has 1 aromatic heterocycles. The predicted molar refractivity (Wildman–Crippen MR) is 73.3 cm³/mol. The van der Waals surface area contributed by atoms with Crippen LogP contribution in [-0.4, -0.2) is 18.2 Å². The maximum atomic E-state index is 9.89. The zero-order valence-electron chi connectivity index (χ0n) is 10.4. The molecule has 0 bridgehead atoms. The van der Waals surface area contributed by atoms with Crippen molar-refractivity contribution in [2.75, 3.05) is 13.1 Å². The van der Waals surface area contributed by atoms with Crippen molar-refractivity contribution in [2.24, 2.45) is 5.92 Å². The van der Waals surface area contributed by atoms with Gasteiger partial charge in [-0.3, -0.25) is 0 Å². The van der Waals surface area contributed by atoms with Crippen LogP contribution in [0.15, 0.2) is 16.8 Å². The lowest BCUT2D eigenvalue weighted by molar-refractivity contribution is 0.174. The van der Waals surface area contributed by atoms with Crippen LogP contribution >= 0.6 is 11.3 Å². The van der Waals surface area contributed by atoms with Crippen LogP contribution in [-0.2, 0) is 0 Å². The van der Waals surface area contributed by atoms with E-state index in [1.165, 1.54) is 38.5 Å². The van der Waals surface area contributed by atoms with Gasteiger partial charge in [-0.05, 0) is 41.3 Å². The lowest BCUT2D eigenvalue weighted by Gasteiger charge is -2.21. The molecule has 1 aliphatic rings. The van der Waals surface area contributed by atoms with Crippen LogP contribution in [0.1, 0.15) is 50.2 Å². The highest BCUT2D eigenvalue weighted by Crippen LogP contribution is 2.25. The van der Waals surface area contributed by atoms with E-state index < -0.39 is 0 Å². The Morgan fingerprint density at radius 2 is 2.18 bits per heavy atom. The van der Waals surface area contributed by atoms with Crippen LogP contribution in [0.25, 0.3) is 0 Å². The summed E-state index contributed by atoms with van der Waals surface area (Å²) in [5.41, 5.74) is 1.04. The topological polar surface area (TPSA) is 32.3 Å². The second-order valence-electron chi connectivity index (χ2n) is 5.07. The van der Waals surface area contributed by atoms with E-state index in [-0.39, 0.29) is 6.10 Å². The van der Waals surface area contributed by atoms with Gasteiger partial charge in [0.1, 0.15) is 0 Å². The molecule has 1 aromatic rings. The van der Waals surface area contributed by atoms with Gasteiger partial charge in [-0.15, -0.1) is 0 Å². The minimum atomic E-state index is -0.340. The van der Waals surface area contributed by atoms with Crippen LogP contribution < -0.4 is 5.32 Å². The van der Waals surface area contributed by atoms with Crippen molar-refractivity contribution in [3.05, 3.63) is 22.4 Å². The molecule has 0 saturated heterocycles. The Balaban J connectivity index is 1.56. The maximum Gasteiger partial charge on any atom is 0.0922 e. The first-order valence-corrected chi connectivity index (χ1v) is 7.71. The zero-order chi connectivity index (χ0) is 11.9. The van der Waals surface area contributed by atoms with Gasteiger partial charge in [0.25, 0.3) is 0 Å². The van der Waals surface area contributed by atoms with Crippen molar-refractivity contribution in [1.82, 2.24) is 5.32 Å². The molecule has 2 N–H and O–H groups in total. The average Bonchev–Trinajstić information content (AvgIpc) is 2.89. The first-order valence-electron chi connectivity index (χ1n) is 6.77. The fraction of sp³-hybridized carbons (Fsp3) is 0.714. The first-order chi connectivity index (χ1) is 8.36. The van der Waals surface area contributed by atoms with Gasteiger partial charge >= 0.3 is 0 Å². The molecule has 0 spiro atoms. The molecule has 0 radical (unpaired) electrons. The summed E-state index contributed by atoms with van der Waals surface area (Å²) in [6.45, 7) is 1.73. The maximum absolute atomic E-state index is 9.89. The first kappa shape index (κ1) is 13.1. The van der Waals surface area contributed by atoms with Gasteiger partial charge in [-0.1, -0.05) is 32.1 Å². The summed E-state index contributed by atoms with van der Waals surface area (Å²) in [7, 11) is 0. The van der Waals surface area contributed by atoms with Crippen LogP contribution in [0.3, 0.4) is 0 Å². The summed E-state index contributed by atoms with van der Waals surface area (Å²) in [6, 6.07) is 2.00. The van der Waals surface area contributed by atoms with Crippen LogP contribution in [0, 0.1) is 5.92 Å². The highest BCUT2D eigenvalue weighted by atomic mass is 32.1. The highest BCUT2D eigenvalue weighted by Gasteiger charge is 2.13. The predicted octanol–water partition coefficient (Wildman–Crippen LogP) is 3.34. The molecule has 1 unspecified atom stereocenters. The van der Waals surface area contributed by atoms with Crippen molar-refractivity contribution in [3.8, 4) is 0 Å². The molecule has 1 saturated carbocycles. The van der Waals surface area contributed by atoms with Gasteiger partial charge in [-0.25, -0.2) is 0 Å². The van der Waals surface area contributed by atoms with Crippen molar-refractivity contribution in [1.29, 1.82) is 0 Å². The number of hydrogen-bond donors (Lipinski definition) is 2. The minimum Gasteiger partial charge on any atom is -0.387 e. The van der Waals surface area contributed by atoms with E-state index in [0.717, 1.165) is 18.0 Å². The Morgan fingerprint density at radius 3 is 2.88 bits per heavy atom. The van der Waals surface area contributed by atoms with Crippen LogP contribution in [0.5, 0.6) is 0 Å². The fourth-order valence-electron chi connectivity index (χ4n) is 2.60. The number of hydrogen-bond acceptors (Lipinski definition) is 3. The standard InChI is InChI=1S/C14H23NOS/c16-14(13-7-9-17-11-13)10-15-8-6-12-4-2-1-3-5-12/h7,9,11-12,14-16H,1-6,8,10H2. The Morgan fingerprint density at radius 1 is 1.35 bits per heavy atom. The van der Waals surface area contributed by atoms with Gasteiger partial charge in [0, 0.05) is 6.54 Å². The summed E-state index contributed by atoms with van der Waals surface area (Å²) in [5, 5.41) is 17.3. The van der Waals surface area contributed by atoms with E-state index in [9.17, 15) is 5.11 Å².